The second-order valence-corrected chi connectivity index (χ2v) is 19.3. The second-order valence-electron chi connectivity index (χ2n) is 12.5. The van der Waals surface area contributed by atoms with Crippen molar-refractivity contribution in [1.29, 1.82) is 0 Å². The summed E-state index contributed by atoms with van der Waals surface area (Å²) in [5, 5.41) is -0.185. The van der Waals surface area contributed by atoms with E-state index in [4.69, 9.17) is 13.9 Å². The number of imide groups is 1. The average molecular weight is 578 g/mol. The van der Waals surface area contributed by atoms with Crippen molar-refractivity contribution >= 4 is 36.1 Å². The van der Waals surface area contributed by atoms with Crippen molar-refractivity contribution in [2.45, 2.75) is 87.4 Å². The molecule has 1 aliphatic carbocycles. The van der Waals surface area contributed by atoms with Gasteiger partial charge in [0.15, 0.2) is 14.6 Å². The number of likely N-dealkylation sites (tertiary alicyclic amines) is 1. The predicted molar refractivity (Wildman–Crippen MR) is 149 cm³/mol. The number of rotatable bonds is 5. The van der Waals surface area contributed by atoms with Crippen molar-refractivity contribution in [3.63, 3.8) is 0 Å². The van der Waals surface area contributed by atoms with Gasteiger partial charge in [-0.25, -0.2) is 22.9 Å². The van der Waals surface area contributed by atoms with E-state index in [1.54, 1.807) is 26.8 Å². The molecule has 0 saturated carbocycles. The van der Waals surface area contributed by atoms with Crippen LogP contribution in [0.1, 0.15) is 48.0 Å². The molecule has 2 amide bonds. The summed E-state index contributed by atoms with van der Waals surface area (Å²) in [4.78, 5) is 41.4. The van der Waals surface area contributed by atoms with Crippen molar-refractivity contribution in [3.05, 3.63) is 54.3 Å². The maximum atomic E-state index is 14.4. The van der Waals surface area contributed by atoms with Crippen molar-refractivity contribution in [2.75, 3.05) is 7.11 Å². The highest BCUT2D eigenvalue weighted by atomic mass is 32.2. The predicted octanol–water partition coefficient (Wildman–Crippen LogP) is 5.00. The zero-order valence-electron chi connectivity index (χ0n) is 24.2. The number of benzene rings is 1. The molecule has 214 valence electrons. The van der Waals surface area contributed by atoms with Gasteiger partial charge >= 0.3 is 12.1 Å². The number of nitrogens with zero attached hydrogens (tertiary/aromatic N) is 1. The van der Waals surface area contributed by atoms with Gasteiger partial charge in [-0.3, -0.25) is 4.79 Å². The van der Waals surface area contributed by atoms with E-state index in [1.165, 1.54) is 30.3 Å². The third kappa shape index (κ3) is 5.06. The summed E-state index contributed by atoms with van der Waals surface area (Å²) in [5.74, 6) is -2.91. The topological polar surface area (TPSA) is 116 Å². The van der Waals surface area contributed by atoms with Gasteiger partial charge in [-0.15, -0.1) is 0 Å². The summed E-state index contributed by atoms with van der Waals surface area (Å²) >= 11 is 0. The number of carbonyl (C=O) groups is 3. The monoisotopic (exact) mass is 577 g/mol. The molecule has 0 radical (unpaired) electrons. The quantitative estimate of drug-likeness (QED) is 0.355. The Bertz CT molecular complexity index is 1320. The first kappa shape index (κ1) is 30.6. The molecule has 1 fully saturated rings. The number of sulfone groups is 1. The fourth-order valence-electron chi connectivity index (χ4n) is 4.80. The zero-order valence-corrected chi connectivity index (χ0v) is 26.0. The Hall–Kier alpha value is -2.92. The van der Waals surface area contributed by atoms with Gasteiger partial charge in [0.05, 0.1) is 17.8 Å². The summed E-state index contributed by atoms with van der Waals surface area (Å²) in [6, 6.07) is 5.88. The first-order valence-corrected chi connectivity index (χ1v) is 17.1. The van der Waals surface area contributed by atoms with Crippen LogP contribution in [0, 0.1) is 5.92 Å². The molecule has 0 N–H and O–H groups in total. The van der Waals surface area contributed by atoms with E-state index in [0.717, 1.165) is 7.11 Å². The number of fused-ring (bicyclic) bond motifs is 1. The van der Waals surface area contributed by atoms with Crippen molar-refractivity contribution in [2.24, 2.45) is 5.92 Å². The Morgan fingerprint density at radius 3 is 2.13 bits per heavy atom. The van der Waals surface area contributed by atoms with Crippen LogP contribution in [-0.2, 0) is 33.3 Å². The highest BCUT2D eigenvalue weighted by Crippen LogP contribution is 2.54. The molecular weight excluding hydrogens is 538 g/mol. The van der Waals surface area contributed by atoms with Crippen LogP contribution in [0.5, 0.6) is 0 Å². The smallest absolute Gasteiger partial charge is 0.417 e. The van der Waals surface area contributed by atoms with Crippen LogP contribution in [0.3, 0.4) is 0 Å². The van der Waals surface area contributed by atoms with Crippen molar-refractivity contribution < 1.29 is 36.7 Å². The molecule has 0 aromatic heterocycles. The minimum Gasteiger partial charge on any atom is -0.546 e. The normalized spacial score (nSPS) is 24.1. The summed E-state index contributed by atoms with van der Waals surface area (Å²) in [6.45, 7) is 19.1. The maximum absolute atomic E-state index is 14.4. The summed E-state index contributed by atoms with van der Waals surface area (Å²) in [7, 11) is -5.83. The number of hydrogen-bond acceptors (Lipinski definition) is 8. The molecule has 1 aliphatic heterocycles. The number of amides is 2. The van der Waals surface area contributed by atoms with Crippen LogP contribution in [0.15, 0.2) is 59.2 Å². The average Bonchev–Trinajstić information content (AvgIpc) is 3.07. The fraction of sp³-hybridized carbons (Fsp3) is 0.536. The van der Waals surface area contributed by atoms with Crippen LogP contribution < -0.4 is 0 Å². The SMILES string of the molecule is C=C1C=C(O[Si](C)(C)C(C)(C)C)C[C@@H]2[C@@H](C(=O)OC)N(C(=O)OC(C)(C)C)C(=O)[C@]12S(=O)(=O)c1ccccc1. The molecular formula is C28H39NO8SSi. The van der Waals surface area contributed by atoms with E-state index in [-0.39, 0.29) is 21.9 Å². The summed E-state index contributed by atoms with van der Waals surface area (Å²) < 4.78 is 43.4. The lowest BCUT2D eigenvalue weighted by Gasteiger charge is -2.42. The number of esters is 1. The van der Waals surface area contributed by atoms with Gasteiger partial charge in [-0.05, 0) is 62.7 Å². The Morgan fingerprint density at radius 1 is 1.08 bits per heavy atom. The van der Waals surface area contributed by atoms with E-state index < -0.39 is 58.4 Å². The van der Waals surface area contributed by atoms with E-state index >= 15 is 0 Å². The first-order valence-electron chi connectivity index (χ1n) is 12.8. The molecule has 1 aromatic rings. The summed E-state index contributed by atoms with van der Waals surface area (Å²) in [5.41, 5.74) is -1.11. The molecule has 9 nitrogen and oxygen atoms in total. The molecule has 3 rings (SSSR count). The summed E-state index contributed by atoms with van der Waals surface area (Å²) in [6.07, 6.45) is 0.227. The van der Waals surface area contributed by atoms with Crippen LogP contribution in [0.4, 0.5) is 4.79 Å². The van der Waals surface area contributed by atoms with Gasteiger partial charge in [0.1, 0.15) is 11.6 Å². The lowest BCUT2D eigenvalue weighted by atomic mass is 9.77. The standard InChI is InChI=1S/C28H39NO8SSi/c1-18-16-19(37-39(9,10)27(5,6)7)17-21-22(23(30)35-8)29(25(32)36-26(2,3)4)24(31)28(18,21)38(33,34)20-14-12-11-13-15-20/h11-16,21-22H,1,17H2,2-10H3/t21-,22+,28+/m1/s1. The molecule has 11 heteroatoms. The lowest BCUT2D eigenvalue weighted by molar-refractivity contribution is -0.149. The maximum Gasteiger partial charge on any atom is 0.417 e. The Balaban J connectivity index is 2.32. The largest absolute Gasteiger partial charge is 0.546 e. The van der Waals surface area contributed by atoms with E-state index in [0.29, 0.717) is 10.7 Å². The third-order valence-electron chi connectivity index (χ3n) is 7.65. The molecule has 0 bridgehead atoms. The zero-order chi connectivity index (χ0) is 29.8. The molecule has 0 spiro atoms. The van der Waals surface area contributed by atoms with Crippen LogP contribution >= 0.6 is 0 Å². The lowest BCUT2D eigenvalue weighted by Crippen LogP contribution is -2.54. The minimum absolute atomic E-state index is 0.0822. The Kier molecular flexibility index (Phi) is 7.79. The van der Waals surface area contributed by atoms with Gasteiger partial charge in [0, 0.05) is 12.3 Å². The van der Waals surface area contributed by atoms with Crippen LogP contribution in [0.2, 0.25) is 18.1 Å². The molecule has 1 saturated heterocycles. The molecule has 1 aromatic carbocycles. The molecule has 3 atom stereocenters. The first-order chi connectivity index (χ1) is 17.7. The van der Waals surface area contributed by atoms with E-state index in [2.05, 4.69) is 27.4 Å². The van der Waals surface area contributed by atoms with E-state index in [9.17, 15) is 22.8 Å². The molecule has 39 heavy (non-hydrogen) atoms. The number of ether oxygens (including phenoxy) is 2. The van der Waals surface area contributed by atoms with Crippen molar-refractivity contribution in [1.82, 2.24) is 4.90 Å². The van der Waals surface area contributed by atoms with Crippen LogP contribution in [-0.4, -0.2) is 63.1 Å². The van der Waals surface area contributed by atoms with Crippen molar-refractivity contribution in [3.8, 4) is 0 Å². The Labute approximate surface area is 232 Å². The number of allylic oxidation sites excluding steroid dienone is 2. The minimum atomic E-state index is -4.53. The van der Waals surface area contributed by atoms with Gasteiger partial charge in [0.2, 0.25) is 8.32 Å². The fourth-order valence-corrected chi connectivity index (χ4v) is 8.13. The van der Waals surface area contributed by atoms with E-state index in [1.807, 2.05) is 13.1 Å². The van der Waals surface area contributed by atoms with Gasteiger partial charge in [0.25, 0.3) is 5.91 Å². The highest BCUT2D eigenvalue weighted by Gasteiger charge is 2.72. The number of methoxy groups -OCH3 is 1. The Morgan fingerprint density at radius 2 is 1.64 bits per heavy atom. The van der Waals surface area contributed by atoms with Gasteiger partial charge < -0.3 is 13.9 Å². The number of hydrogen-bond donors (Lipinski definition) is 0. The third-order valence-corrected chi connectivity index (χ3v) is 14.5. The molecule has 2 aliphatic rings. The molecule has 1 heterocycles. The van der Waals surface area contributed by atoms with Gasteiger partial charge in [-0.1, -0.05) is 45.5 Å². The highest BCUT2D eigenvalue weighted by molar-refractivity contribution is 7.94. The van der Waals surface area contributed by atoms with Crippen LogP contribution in [0.25, 0.3) is 0 Å². The number of carbonyl (C=O) groups excluding carboxylic acids is 3. The second kappa shape index (κ2) is 9.92. The molecule has 0 unspecified atom stereocenters. The van der Waals surface area contributed by atoms with Gasteiger partial charge in [-0.2, -0.15) is 0 Å².